The molecule has 3 aromatic rings. The van der Waals surface area contributed by atoms with Crippen LogP contribution >= 0.6 is 11.3 Å². The summed E-state index contributed by atoms with van der Waals surface area (Å²) < 4.78 is 6.94. The fourth-order valence-electron chi connectivity index (χ4n) is 2.38. The predicted octanol–water partition coefficient (Wildman–Crippen LogP) is 3.37. The van der Waals surface area contributed by atoms with Gasteiger partial charge in [0.25, 0.3) is 5.91 Å². The van der Waals surface area contributed by atoms with Crippen molar-refractivity contribution in [3.05, 3.63) is 47.1 Å². The van der Waals surface area contributed by atoms with Gasteiger partial charge in [-0.2, -0.15) is 5.10 Å². The SMILES string of the molecule is CCc1cc(C(=O)Nc2nc(-c3ccccc3OC)cs2)n(C)n1. The number of hydrogen-bond donors (Lipinski definition) is 1. The lowest BCUT2D eigenvalue weighted by Crippen LogP contribution is -2.15. The van der Waals surface area contributed by atoms with E-state index in [1.807, 2.05) is 36.6 Å². The van der Waals surface area contributed by atoms with Gasteiger partial charge in [0.1, 0.15) is 11.4 Å². The maximum atomic E-state index is 12.4. The van der Waals surface area contributed by atoms with Gasteiger partial charge in [-0.3, -0.25) is 14.8 Å². The number of hydrogen-bond acceptors (Lipinski definition) is 5. The molecule has 0 aliphatic carbocycles. The first kappa shape index (κ1) is 16.2. The first-order valence-electron chi connectivity index (χ1n) is 7.55. The first-order valence-corrected chi connectivity index (χ1v) is 8.43. The lowest BCUT2D eigenvalue weighted by molar-refractivity contribution is 0.101. The summed E-state index contributed by atoms with van der Waals surface area (Å²) in [7, 11) is 3.39. The number of para-hydroxylation sites is 1. The van der Waals surface area contributed by atoms with Gasteiger partial charge >= 0.3 is 0 Å². The number of ether oxygens (including phenoxy) is 1. The predicted molar refractivity (Wildman–Crippen MR) is 94.6 cm³/mol. The number of methoxy groups -OCH3 is 1. The molecule has 0 aliphatic rings. The molecule has 1 aromatic carbocycles. The van der Waals surface area contributed by atoms with Crippen molar-refractivity contribution in [1.82, 2.24) is 14.8 Å². The van der Waals surface area contributed by atoms with Gasteiger partial charge in [-0.1, -0.05) is 19.1 Å². The van der Waals surface area contributed by atoms with Crippen molar-refractivity contribution in [2.24, 2.45) is 7.05 Å². The molecule has 3 rings (SSSR count). The van der Waals surface area contributed by atoms with E-state index < -0.39 is 0 Å². The van der Waals surface area contributed by atoms with Gasteiger partial charge in [0.05, 0.1) is 18.5 Å². The zero-order valence-electron chi connectivity index (χ0n) is 13.7. The minimum Gasteiger partial charge on any atom is -0.496 e. The van der Waals surface area contributed by atoms with E-state index in [0.29, 0.717) is 10.8 Å². The van der Waals surface area contributed by atoms with Gasteiger partial charge in [-0.05, 0) is 24.6 Å². The highest BCUT2D eigenvalue weighted by molar-refractivity contribution is 7.14. The third kappa shape index (κ3) is 3.16. The molecule has 2 heterocycles. The lowest BCUT2D eigenvalue weighted by Gasteiger charge is -2.05. The molecule has 0 spiro atoms. The number of rotatable bonds is 5. The molecule has 1 amide bonds. The fraction of sp³-hybridized carbons (Fsp3) is 0.235. The van der Waals surface area contributed by atoms with E-state index in [1.165, 1.54) is 11.3 Å². The summed E-state index contributed by atoms with van der Waals surface area (Å²) in [5.41, 5.74) is 3.06. The van der Waals surface area contributed by atoms with E-state index in [2.05, 4.69) is 15.4 Å². The first-order chi connectivity index (χ1) is 11.6. The van der Waals surface area contributed by atoms with Gasteiger partial charge in [0, 0.05) is 18.0 Å². The maximum absolute atomic E-state index is 12.4. The van der Waals surface area contributed by atoms with Gasteiger partial charge in [-0.25, -0.2) is 4.98 Å². The number of anilines is 1. The summed E-state index contributed by atoms with van der Waals surface area (Å²) in [4.78, 5) is 16.9. The third-order valence-corrected chi connectivity index (χ3v) is 4.39. The topological polar surface area (TPSA) is 69.0 Å². The van der Waals surface area contributed by atoms with Crippen LogP contribution in [-0.4, -0.2) is 27.8 Å². The molecular weight excluding hydrogens is 324 g/mol. The number of benzene rings is 1. The van der Waals surface area contributed by atoms with Crippen molar-refractivity contribution < 1.29 is 9.53 Å². The zero-order valence-corrected chi connectivity index (χ0v) is 14.6. The van der Waals surface area contributed by atoms with Crippen LogP contribution in [-0.2, 0) is 13.5 Å². The lowest BCUT2D eigenvalue weighted by atomic mass is 10.1. The van der Waals surface area contributed by atoms with Crippen LogP contribution in [0.15, 0.2) is 35.7 Å². The Balaban J connectivity index is 1.81. The Morgan fingerprint density at radius 1 is 1.38 bits per heavy atom. The minimum absolute atomic E-state index is 0.217. The van der Waals surface area contributed by atoms with Gasteiger partial charge in [0.2, 0.25) is 0 Å². The molecule has 0 fully saturated rings. The smallest absolute Gasteiger partial charge is 0.275 e. The zero-order chi connectivity index (χ0) is 17.1. The van der Waals surface area contributed by atoms with Crippen LogP contribution in [0, 0.1) is 0 Å². The minimum atomic E-state index is -0.217. The van der Waals surface area contributed by atoms with Crippen LogP contribution in [0.25, 0.3) is 11.3 Å². The van der Waals surface area contributed by atoms with E-state index in [0.717, 1.165) is 29.1 Å². The monoisotopic (exact) mass is 342 g/mol. The second kappa shape index (κ2) is 6.84. The van der Waals surface area contributed by atoms with E-state index >= 15 is 0 Å². The number of carbonyl (C=O) groups is 1. The Bertz CT molecular complexity index is 869. The van der Waals surface area contributed by atoms with Crippen molar-refractivity contribution in [2.45, 2.75) is 13.3 Å². The summed E-state index contributed by atoms with van der Waals surface area (Å²) in [6.07, 6.45) is 0.788. The molecule has 0 radical (unpaired) electrons. The second-order valence-electron chi connectivity index (χ2n) is 5.19. The van der Waals surface area contributed by atoms with Crippen molar-refractivity contribution in [1.29, 1.82) is 0 Å². The molecule has 2 aromatic heterocycles. The Morgan fingerprint density at radius 2 is 2.17 bits per heavy atom. The molecule has 0 unspecified atom stereocenters. The van der Waals surface area contributed by atoms with E-state index in [4.69, 9.17) is 4.74 Å². The van der Waals surface area contributed by atoms with Crippen molar-refractivity contribution in [3.63, 3.8) is 0 Å². The van der Waals surface area contributed by atoms with Crippen LogP contribution in [0.4, 0.5) is 5.13 Å². The van der Waals surface area contributed by atoms with Crippen LogP contribution in [0.2, 0.25) is 0 Å². The fourth-order valence-corrected chi connectivity index (χ4v) is 3.09. The van der Waals surface area contributed by atoms with E-state index in [-0.39, 0.29) is 5.91 Å². The molecule has 7 heteroatoms. The quantitative estimate of drug-likeness (QED) is 0.772. The average Bonchev–Trinajstić information content (AvgIpc) is 3.21. The standard InChI is InChI=1S/C17H18N4O2S/c1-4-11-9-14(21(2)20-11)16(22)19-17-18-13(10-24-17)12-7-5-6-8-15(12)23-3/h5-10H,4H2,1-3H3,(H,18,19,22). The molecule has 0 saturated heterocycles. The van der Waals surface area contributed by atoms with Gasteiger partial charge in [-0.15, -0.1) is 11.3 Å². The summed E-state index contributed by atoms with van der Waals surface area (Å²) in [5.74, 6) is 0.533. The van der Waals surface area contributed by atoms with Crippen LogP contribution in [0.1, 0.15) is 23.1 Å². The Morgan fingerprint density at radius 3 is 2.88 bits per heavy atom. The Hall–Kier alpha value is -2.67. The number of carbonyl (C=O) groups excluding carboxylic acids is 1. The molecule has 0 atom stereocenters. The number of aryl methyl sites for hydroxylation is 2. The summed E-state index contributed by atoms with van der Waals surface area (Å²) in [6, 6.07) is 9.45. The molecule has 1 N–H and O–H groups in total. The van der Waals surface area contributed by atoms with Crippen molar-refractivity contribution in [3.8, 4) is 17.0 Å². The molecular formula is C17H18N4O2S. The molecule has 124 valence electrons. The Labute approximate surface area is 144 Å². The largest absolute Gasteiger partial charge is 0.496 e. The molecule has 0 saturated carbocycles. The number of aromatic nitrogens is 3. The molecule has 0 aliphatic heterocycles. The third-order valence-electron chi connectivity index (χ3n) is 3.63. The molecule has 0 bridgehead atoms. The van der Waals surface area contributed by atoms with Crippen LogP contribution < -0.4 is 10.1 Å². The number of nitrogens with zero attached hydrogens (tertiary/aromatic N) is 3. The van der Waals surface area contributed by atoms with E-state index in [9.17, 15) is 4.79 Å². The van der Waals surface area contributed by atoms with Crippen molar-refractivity contribution >= 4 is 22.4 Å². The average molecular weight is 342 g/mol. The summed E-state index contributed by atoms with van der Waals surface area (Å²) >= 11 is 1.38. The molecule has 24 heavy (non-hydrogen) atoms. The van der Waals surface area contributed by atoms with Crippen molar-refractivity contribution in [2.75, 3.05) is 12.4 Å². The normalized spacial score (nSPS) is 10.6. The van der Waals surface area contributed by atoms with Crippen LogP contribution in [0.5, 0.6) is 5.75 Å². The highest BCUT2D eigenvalue weighted by atomic mass is 32.1. The summed E-state index contributed by atoms with van der Waals surface area (Å²) in [5, 5.41) is 9.56. The number of thiazole rings is 1. The highest BCUT2D eigenvalue weighted by Crippen LogP contribution is 2.31. The number of amides is 1. The molecule has 6 nitrogen and oxygen atoms in total. The number of nitrogens with one attached hydrogen (secondary N) is 1. The second-order valence-corrected chi connectivity index (χ2v) is 6.05. The van der Waals surface area contributed by atoms with Crippen LogP contribution in [0.3, 0.4) is 0 Å². The summed E-state index contributed by atoms with van der Waals surface area (Å²) in [6.45, 7) is 2.00. The van der Waals surface area contributed by atoms with Gasteiger partial charge < -0.3 is 4.74 Å². The maximum Gasteiger partial charge on any atom is 0.275 e. The van der Waals surface area contributed by atoms with Gasteiger partial charge in [0.15, 0.2) is 5.13 Å². The highest BCUT2D eigenvalue weighted by Gasteiger charge is 2.15. The van der Waals surface area contributed by atoms with E-state index in [1.54, 1.807) is 24.9 Å². The Kier molecular flexibility index (Phi) is 4.61.